The van der Waals surface area contributed by atoms with E-state index in [2.05, 4.69) is 5.32 Å². The Kier molecular flexibility index (Phi) is 3.63. The molecule has 90 valence electrons. The van der Waals surface area contributed by atoms with Crippen molar-refractivity contribution in [3.8, 4) is 0 Å². The highest BCUT2D eigenvalue weighted by Gasteiger charge is 2.25. The summed E-state index contributed by atoms with van der Waals surface area (Å²) in [6.45, 7) is 2.52. The lowest BCUT2D eigenvalue weighted by Crippen LogP contribution is -2.32. The predicted octanol–water partition coefficient (Wildman–Crippen LogP) is 0.978. The molecule has 1 aliphatic rings. The molecule has 0 aromatic carbocycles. The van der Waals surface area contributed by atoms with E-state index in [4.69, 9.17) is 0 Å². The van der Waals surface area contributed by atoms with Gasteiger partial charge in [-0.2, -0.15) is 4.31 Å². The van der Waals surface area contributed by atoms with Gasteiger partial charge in [-0.05, 0) is 36.9 Å². The summed E-state index contributed by atoms with van der Waals surface area (Å²) in [5.41, 5.74) is 0. The number of hydrogen-bond donors (Lipinski definition) is 1. The maximum absolute atomic E-state index is 12.1. The first-order valence-electron chi connectivity index (χ1n) is 5.31. The first kappa shape index (κ1) is 12.0. The molecule has 0 saturated carbocycles. The lowest BCUT2D eigenvalue weighted by atomic mass is 10.1. The van der Waals surface area contributed by atoms with E-state index >= 15 is 0 Å². The zero-order chi connectivity index (χ0) is 11.6. The van der Waals surface area contributed by atoms with Gasteiger partial charge in [0.15, 0.2) is 0 Å². The number of sulfonamides is 1. The standard InChI is InChI=1S/C10H16N2O2S2/c1-12(8-9-4-5-11-7-9)16(13,14)10-3-2-6-15-10/h2-3,6,9,11H,4-5,7-8H2,1H3/t9-/m0/s1. The molecule has 6 heteroatoms. The molecule has 1 N–H and O–H groups in total. The molecule has 1 aromatic heterocycles. The maximum Gasteiger partial charge on any atom is 0.252 e. The Labute approximate surface area is 100 Å². The second-order valence-corrected chi connectivity index (χ2v) is 7.30. The average Bonchev–Trinajstić information content (AvgIpc) is 2.89. The van der Waals surface area contributed by atoms with Gasteiger partial charge in [0.05, 0.1) is 0 Å². The third-order valence-corrected chi connectivity index (χ3v) is 6.03. The molecule has 0 aliphatic carbocycles. The van der Waals surface area contributed by atoms with Gasteiger partial charge in [-0.1, -0.05) is 6.07 Å². The van der Waals surface area contributed by atoms with Crippen molar-refractivity contribution in [1.29, 1.82) is 0 Å². The topological polar surface area (TPSA) is 49.4 Å². The highest BCUT2D eigenvalue weighted by molar-refractivity contribution is 7.91. The van der Waals surface area contributed by atoms with E-state index in [0.29, 0.717) is 16.7 Å². The van der Waals surface area contributed by atoms with Gasteiger partial charge in [0.1, 0.15) is 4.21 Å². The number of thiophene rings is 1. The summed E-state index contributed by atoms with van der Waals surface area (Å²) in [6.07, 6.45) is 1.06. The van der Waals surface area contributed by atoms with Crippen molar-refractivity contribution in [2.45, 2.75) is 10.6 Å². The first-order chi connectivity index (χ1) is 7.60. The molecule has 2 heterocycles. The molecule has 1 fully saturated rings. The minimum atomic E-state index is -3.26. The summed E-state index contributed by atoms with van der Waals surface area (Å²) >= 11 is 1.27. The number of nitrogens with one attached hydrogen (secondary N) is 1. The molecule has 1 aromatic rings. The summed E-state index contributed by atoms with van der Waals surface area (Å²) in [7, 11) is -1.60. The summed E-state index contributed by atoms with van der Waals surface area (Å²) in [6, 6.07) is 3.42. The van der Waals surface area contributed by atoms with Gasteiger partial charge in [-0.3, -0.25) is 0 Å². The van der Waals surface area contributed by atoms with Crippen molar-refractivity contribution < 1.29 is 8.42 Å². The monoisotopic (exact) mass is 260 g/mol. The van der Waals surface area contributed by atoms with Crippen molar-refractivity contribution in [2.75, 3.05) is 26.7 Å². The molecule has 16 heavy (non-hydrogen) atoms. The smallest absolute Gasteiger partial charge is 0.252 e. The van der Waals surface area contributed by atoms with E-state index in [0.717, 1.165) is 19.5 Å². The molecule has 1 aliphatic heterocycles. The van der Waals surface area contributed by atoms with Crippen LogP contribution >= 0.6 is 11.3 Å². The molecular weight excluding hydrogens is 244 g/mol. The van der Waals surface area contributed by atoms with E-state index in [1.54, 1.807) is 24.6 Å². The van der Waals surface area contributed by atoms with Crippen LogP contribution in [0.4, 0.5) is 0 Å². The Morgan fingerprint density at radius 3 is 3.00 bits per heavy atom. The molecule has 2 rings (SSSR count). The third kappa shape index (κ3) is 2.45. The van der Waals surface area contributed by atoms with Crippen molar-refractivity contribution in [3.05, 3.63) is 17.5 Å². The van der Waals surface area contributed by atoms with E-state index in [-0.39, 0.29) is 0 Å². The van der Waals surface area contributed by atoms with Gasteiger partial charge in [0.2, 0.25) is 0 Å². The lowest BCUT2D eigenvalue weighted by molar-refractivity contribution is 0.400. The van der Waals surface area contributed by atoms with E-state index < -0.39 is 10.0 Å². The summed E-state index contributed by atoms with van der Waals surface area (Å²) in [4.78, 5) is 0. The molecular formula is C10H16N2O2S2. The highest BCUT2D eigenvalue weighted by Crippen LogP contribution is 2.21. The van der Waals surface area contributed by atoms with Crippen LogP contribution in [0.15, 0.2) is 21.7 Å². The molecule has 1 saturated heterocycles. The van der Waals surface area contributed by atoms with Crippen LogP contribution in [0.2, 0.25) is 0 Å². The fourth-order valence-electron chi connectivity index (χ4n) is 1.90. The summed E-state index contributed by atoms with van der Waals surface area (Å²) in [5.74, 6) is 0.444. The Bertz CT molecular complexity index is 422. The van der Waals surface area contributed by atoms with E-state index in [1.165, 1.54) is 15.6 Å². The van der Waals surface area contributed by atoms with Crippen molar-refractivity contribution in [3.63, 3.8) is 0 Å². The van der Waals surface area contributed by atoms with Crippen LogP contribution in [0.25, 0.3) is 0 Å². The van der Waals surface area contributed by atoms with Gasteiger partial charge in [0, 0.05) is 13.6 Å². The molecule has 4 nitrogen and oxygen atoms in total. The molecule has 0 unspecified atom stereocenters. The minimum Gasteiger partial charge on any atom is -0.316 e. The van der Waals surface area contributed by atoms with Crippen molar-refractivity contribution >= 4 is 21.4 Å². The van der Waals surface area contributed by atoms with E-state index in [9.17, 15) is 8.42 Å². The molecule has 0 amide bonds. The van der Waals surface area contributed by atoms with Gasteiger partial charge < -0.3 is 5.32 Å². The van der Waals surface area contributed by atoms with Crippen molar-refractivity contribution in [2.24, 2.45) is 5.92 Å². The minimum absolute atomic E-state index is 0.431. The third-order valence-electron chi connectivity index (χ3n) is 2.84. The Hall–Kier alpha value is -0.430. The zero-order valence-electron chi connectivity index (χ0n) is 9.22. The van der Waals surface area contributed by atoms with Crippen molar-refractivity contribution in [1.82, 2.24) is 9.62 Å². The van der Waals surface area contributed by atoms with Gasteiger partial charge in [-0.15, -0.1) is 11.3 Å². The van der Waals surface area contributed by atoms with Crippen LogP contribution in [-0.4, -0.2) is 39.4 Å². The lowest BCUT2D eigenvalue weighted by Gasteiger charge is -2.19. The largest absolute Gasteiger partial charge is 0.316 e. The summed E-state index contributed by atoms with van der Waals surface area (Å²) < 4.78 is 26.1. The maximum atomic E-state index is 12.1. The fourth-order valence-corrected chi connectivity index (χ4v) is 4.34. The highest BCUT2D eigenvalue weighted by atomic mass is 32.2. The van der Waals surface area contributed by atoms with Crippen LogP contribution in [0.1, 0.15) is 6.42 Å². The zero-order valence-corrected chi connectivity index (χ0v) is 10.9. The van der Waals surface area contributed by atoms with Crippen LogP contribution < -0.4 is 5.32 Å². The first-order valence-corrected chi connectivity index (χ1v) is 7.63. The molecule has 0 spiro atoms. The van der Waals surface area contributed by atoms with Gasteiger partial charge in [0.25, 0.3) is 10.0 Å². The second-order valence-electron chi connectivity index (χ2n) is 4.08. The fraction of sp³-hybridized carbons (Fsp3) is 0.600. The van der Waals surface area contributed by atoms with E-state index in [1.807, 2.05) is 0 Å². The van der Waals surface area contributed by atoms with Crippen LogP contribution in [0.3, 0.4) is 0 Å². The molecule has 1 atom stereocenters. The second kappa shape index (κ2) is 4.83. The Balaban J connectivity index is 2.06. The van der Waals surface area contributed by atoms with Crippen LogP contribution in [-0.2, 0) is 10.0 Å². The van der Waals surface area contributed by atoms with Gasteiger partial charge in [-0.25, -0.2) is 8.42 Å². The summed E-state index contributed by atoms with van der Waals surface area (Å²) in [5, 5.41) is 5.03. The quantitative estimate of drug-likeness (QED) is 0.878. The van der Waals surface area contributed by atoms with Crippen LogP contribution in [0.5, 0.6) is 0 Å². The van der Waals surface area contributed by atoms with Crippen LogP contribution in [0, 0.1) is 5.92 Å². The molecule has 0 bridgehead atoms. The SMILES string of the molecule is CN(C[C@H]1CCNC1)S(=O)(=O)c1cccs1. The number of nitrogens with zero attached hydrogens (tertiary/aromatic N) is 1. The Morgan fingerprint density at radius 2 is 2.44 bits per heavy atom. The average molecular weight is 260 g/mol. The number of hydrogen-bond acceptors (Lipinski definition) is 4. The normalized spacial score (nSPS) is 21.8. The molecule has 0 radical (unpaired) electrons. The predicted molar refractivity (Wildman–Crippen MR) is 65.1 cm³/mol. The Morgan fingerprint density at radius 1 is 1.62 bits per heavy atom. The number of rotatable bonds is 4. The van der Waals surface area contributed by atoms with Gasteiger partial charge >= 0.3 is 0 Å².